The third-order valence-electron chi connectivity index (χ3n) is 5.86. The van der Waals surface area contributed by atoms with Gasteiger partial charge in [-0.2, -0.15) is 0 Å². The quantitative estimate of drug-likeness (QED) is 0.320. The van der Waals surface area contributed by atoms with Crippen molar-refractivity contribution in [2.45, 2.75) is 71.7 Å². The molecule has 1 aromatic heterocycles. The first kappa shape index (κ1) is 32.4. The van der Waals surface area contributed by atoms with Gasteiger partial charge in [-0.1, -0.05) is 44.2 Å². The van der Waals surface area contributed by atoms with Gasteiger partial charge < -0.3 is 14.7 Å². The number of nitrogens with zero attached hydrogens (tertiary/aromatic N) is 3. The highest BCUT2D eigenvalue weighted by Gasteiger charge is 2.32. The molecule has 0 spiro atoms. The lowest BCUT2D eigenvalue weighted by atomic mass is 9.94. The van der Waals surface area contributed by atoms with Gasteiger partial charge in [0, 0.05) is 30.1 Å². The van der Waals surface area contributed by atoms with Crippen LogP contribution in [0.1, 0.15) is 64.3 Å². The molecule has 0 amide bonds. The predicted octanol–water partition coefficient (Wildman–Crippen LogP) is 7.72. The number of alkyl halides is 3. The molecule has 1 aliphatic carbocycles. The van der Waals surface area contributed by atoms with Crippen LogP contribution in [0.5, 0.6) is 5.75 Å². The zero-order chi connectivity index (χ0) is 28.7. The van der Waals surface area contributed by atoms with Gasteiger partial charge in [0.05, 0.1) is 5.69 Å². The third-order valence-corrected chi connectivity index (χ3v) is 5.86. The number of rotatable bonds is 4. The molecule has 0 fully saturated rings. The van der Waals surface area contributed by atoms with E-state index >= 15 is 0 Å². The fourth-order valence-corrected chi connectivity index (χ4v) is 3.99. The Hall–Kier alpha value is -3.62. The largest absolute Gasteiger partial charge is 0.573 e. The van der Waals surface area contributed by atoms with Crippen LogP contribution in [-0.2, 0) is 11.2 Å². The minimum absolute atomic E-state index is 0.197. The normalized spacial score (nSPS) is 16.2. The zero-order valence-corrected chi connectivity index (χ0v) is 22.7. The lowest BCUT2D eigenvalue weighted by Gasteiger charge is -2.34. The van der Waals surface area contributed by atoms with Gasteiger partial charge in [-0.3, -0.25) is 4.79 Å². The van der Waals surface area contributed by atoms with Gasteiger partial charge >= 0.3 is 6.36 Å². The maximum Gasteiger partial charge on any atom is 0.573 e. The van der Waals surface area contributed by atoms with E-state index in [4.69, 9.17) is 19.9 Å². The summed E-state index contributed by atoms with van der Waals surface area (Å²) < 4.78 is 41.4. The van der Waals surface area contributed by atoms with Crippen LogP contribution in [0.25, 0.3) is 11.3 Å². The van der Waals surface area contributed by atoms with Crippen molar-refractivity contribution >= 4 is 12.3 Å². The highest BCUT2D eigenvalue weighted by Crippen LogP contribution is 2.38. The Morgan fingerprint density at radius 2 is 1.63 bits per heavy atom. The number of benzene rings is 1. The van der Waals surface area contributed by atoms with Gasteiger partial charge in [-0.05, 0) is 63.8 Å². The van der Waals surface area contributed by atoms with Crippen LogP contribution in [0.15, 0.2) is 61.2 Å². The maximum absolute atomic E-state index is 12.5. The summed E-state index contributed by atoms with van der Waals surface area (Å²) in [7, 11) is 2.00. The lowest BCUT2D eigenvalue weighted by Crippen LogP contribution is -2.36. The average Bonchev–Trinajstić information content (AvgIpc) is 3.45. The number of ether oxygens (including phenoxy) is 1. The molecule has 0 bridgehead atoms. The molecule has 1 aliphatic heterocycles. The Kier molecular flexibility index (Phi) is 13.9. The number of allylic oxidation sites excluding steroid dienone is 4. The van der Waals surface area contributed by atoms with E-state index in [1.54, 1.807) is 12.1 Å². The smallest absolute Gasteiger partial charge is 0.483 e. The van der Waals surface area contributed by atoms with Gasteiger partial charge in [-0.25, -0.2) is 9.97 Å². The van der Waals surface area contributed by atoms with E-state index in [0.29, 0.717) is 0 Å². The zero-order valence-electron chi connectivity index (χ0n) is 22.7. The topological polar surface area (TPSA) is 75.6 Å². The Morgan fingerprint density at radius 3 is 2.11 bits per heavy atom. The van der Waals surface area contributed by atoms with Crippen LogP contribution in [0, 0.1) is 0 Å². The summed E-state index contributed by atoms with van der Waals surface area (Å²) in [5, 5.41) is 6.89. The first-order valence-electron chi connectivity index (χ1n) is 12.6. The number of hydrogen-bond acceptors (Lipinski definition) is 5. The summed E-state index contributed by atoms with van der Waals surface area (Å²) in [6.45, 7) is 11.7. The summed E-state index contributed by atoms with van der Waals surface area (Å²) in [6.07, 6.45) is 8.94. The second kappa shape index (κ2) is 16.3. The van der Waals surface area contributed by atoms with E-state index in [2.05, 4.69) is 28.4 Å². The molecule has 0 radical (unpaired) electrons. The van der Waals surface area contributed by atoms with E-state index in [-0.39, 0.29) is 24.2 Å². The predicted molar refractivity (Wildman–Crippen MR) is 147 cm³/mol. The molecule has 9 heteroatoms. The molecule has 2 aliphatic rings. The fraction of sp³-hybridized carbons (Fsp3) is 0.414. The molecule has 0 saturated carbocycles. The number of carbonyl (C=O) groups is 1. The third kappa shape index (κ3) is 9.36. The molecule has 208 valence electrons. The van der Waals surface area contributed by atoms with Crippen molar-refractivity contribution in [3.63, 3.8) is 0 Å². The standard InChI is InChI=1S/C22H22F3N3O.C4H8.C2H6.CH2O2/c1-3-16-10-13-18-19(14-8-11-17(12-9-14)29-22(23,24)25)26-20(15-6-4-5-7-15)27-21(18)28(16)2;1-3-4-2;1-2;2-1-3/h3-5,8-9,11-12,15-16H,1,6-7,10,13H2,2H3;3-4H,1-2H3;1-2H3;1H,(H,2,3)/b;4-3+;;. The summed E-state index contributed by atoms with van der Waals surface area (Å²) in [4.78, 5) is 20.2. The van der Waals surface area contributed by atoms with Gasteiger partial charge in [0.25, 0.3) is 6.47 Å². The van der Waals surface area contributed by atoms with Gasteiger partial charge in [0.2, 0.25) is 0 Å². The summed E-state index contributed by atoms with van der Waals surface area (Å²) in [5.74, 6) is 1.64. The van der Waals surface area contributed by atoms with Crippen molar-refractivity contribution in [2.24, 2.45) is 0 Å². The minimum atomic E-state index is -4.71. The number of hydrogen-bond donors (Lipinski definition) is 1. The van der Waals surface area contributed by atoms with Crippen LogP contribution in [0.3, 0.4) is 0 Å². The Balaban J connectivity index is 0.000000708. The highest BCUT2D eigenvalue weighted by molar-refractivity contribution is 5.71. The summed E-state index contributed by atoms with van der Waals surface area (Å²) in [5.41, 5.74) is 2.56. The molecule has 1 aromatic carbocycles. The first-order chi connectivity index (χ1) is 18.2. The molecule has 4 rings (SSSR count). The molecule has 2 aromatic rings. The monoisotopic (exact) mass is 533 g/mol. The van der Waals surface area contributed by atoms with Crippen LogP contribution in [0.4, 0.5) is 19.0 Å². The minimum Gasteiger partial charge on any atom is -0.483 e. The average molecular weight is 534 g/mol. The van der Waals surface area contributed by atoms with E-state index in [9.17, 15) is 13.2 Å². The Morgan fingerprint density at radius 1 is 1.08 bits per heavy atom. The number of anilines is 1. The fourth-order valence-electron chi connectivity index (χ4n) is 3.99. The van der Waals surface area contributed by atoms with Crippen LogP contribution < -0.4 is 9.64 Å². The number of carboxylic acid groups (broad SMARTS) is 1. The molecular weight excluding hydrogens is 495 g/mol. The number of halogens is 3. The molecule has 0 saturated heterocycles. The van der Waals surface area contributed by atoms with E-state index < -0.39 is 6.36 Å². The van der Waals surface area contributed by atoms with Crippen molar-refractivity contribution in [3.05, 3.63) is 72.6 Å². The van der Waals surface area contributed by atoms with Crippen LogP contribution >= 0.6 is 0 Å². The van der Waals surface area contributed by atoms with E-state index in [1.165, 1.54) is 12.1 Å². The molecule has 1 unspecified atom stereocenters. The number of likely N-dealkylation sites (N-methyl/N-ethyl adjacent to an activating group) is 1. The SMILES string of the molecule is C/C=C/C.C=CC1CCc2c(-c3ccc(OC(F)(F)F)cc3)nc(C3CC=CC3)nc2N1C.CC.O=CO. The molecular formula is C29H38F3N3O3. The Bertz CT molecular complexity index is 1060. The van der Waals surface area contributed by atoms with Crippen LogP contribution in [0.2, 0.25) is 0 Å². The molecule has 1 atom stereocenters. The maximum atomic E-state index is 12.5. The summed E-state index contributed by atoms with van der Waals surface area (Å²) in [6, 6.07) is 6.10. The van der Waals surface area contributed by atoms with E-state index in [0.717, 1.165) is 54.1 Å². The van der Waals surface area contributed by atoms with Gasteiger partial charge in [0.1, 0.15) is 17.4 Å². The van der Waals surface area contributed by atoms with Crippen molar-refractivity contribution in [3.8, 4) is 17.0 Å². The van der Waals surface area contributed by atoms with Gasteiger partial charge in [-0.15, -0.1) is 19.8 Å². The van der Waals surface area contributed by atoms with E-state index in [1.807, 2.05) is 53.0 Å². The van der Waals surface area contributed by atoms with Crippen molar-refractivity contribution in [2.75, 3.05) is 11.9 Å². The second-order valence-electron chi connectivity index (χ2n) is 8.17. The second-order valence-corrected chi connectivity index (χ2v) is 8.17. The molecule has 38 heavy (non-hydrogen) atoms. The van der Waals surface area contributed by atoms with Crippen molar-refractivity contribution in [1.82, 2.24) is 9.97 Å². The lowest BCUT2D eigenvalue weighted by molar-refractivity contribution is -0.274. The van der Waals surface area contributed by atoms with Crippen LogP contribution in [-0.4, -0.2) is 41.0 Å². The molecule has 6 nitrogen and oxygen atoms in total. The Labute approximate surface area is 223 Å². The number of fused-ring (bicyclic) bond motifs is 1. The first-order valence-corrected chi connectivity index (χ1v) is 12.6. The number of aromatic nitrogens is 2. The van der Waals surface area contributed by atoms with Gasteiger partial charge in [0.15, 0.2) is 0 Å². The van der Waals surface area contributed by atoms with Crippen molar-refractivity contribution in [1.29, 1.82) is 0 Å². The van der Waals surface area contributed by atoms with Crippen molar-refractivity contribution < 1.29 is 27.8 Å². The molecule has 1 N–H and O–H groups in total. The molecule has 2 heterocycles. The highest BCUT2D eigenvalue weighted by atomic mass is 19.4. The summed E-state index contributed by atoms with van der Waals surface area (Å²) >= 11 is 0.